The molecule has 0 amide bonds. The number of rotatable bonds is 9. The minimum atomic E-state index is -4.67. The van der Waals surface area contributed by atoms with Gasteiger partial charge < -0.3 is 9.84 Å². The highest BCUT2D eigenvalue weighted by Crippen LogP contribution is 2.34. The number of hydrogen-bond acceptors (Lipinski definition) is 5. The Bertz CT molecular complexity index is 1240. The number of aromatic nitrogens is 2. The van der Waals surface area contributed by atoms with Crippen LogP contribution in [0, 0.1) is 6.92 Å². The molecule has 0 fully saturated rings. The largest absolute Gasteiger partial charge is 0.493 e. The van der Waals surface area contributed by atoms with Gasteiger partial charge >= 0.3 is 12.1 Å². The highest BCUT2D eigenvalue weighted by molar-refractivity contribution is 7.92. The molecule has 2 N–H and O–H groups in total. The summed E-state index contributed by atoms with van der Waals surface area (Å²) in [6.45, 7) is 1.74. The fraction of sp³-hybridized carbons (Fsp3) is 0.238. The lowest BCUT2D eigenvalue weighted by Crippen LogP contribution is -2.16. The molecule has 2 aromatic carbocycles. The van der Waals surface area contributed by atoms with Crippen molar-refractivity contribution in [1.29, 1.82) is 0 Å². The van der Waals surface area contributed by atoms with Crippen molar-refractivity contribution in [2.24, 2.45) is 0 Å². The molecule has 0 aliphatic heterocycles. The van der Waals surface area contributed by atoms with Gasteiger partial charge in [-0.2, -0.15) is 18.3 Å². The summed E-state index contributed by atoms with van der Waals surface area (Å²) in [6, 6.07) is 8.21. The predicted octanol–water partition coefficient (Wildman–Crippen LogP) is 4.24. The lowest BCUT2D eigenvalue weighted by molar-refractivity contribution is -0.138. The van der Waals surface area contributed by atoms with Gasteiger partial charge in [-0.1, -0.05) is 0 Å². The number of alkyl halides is 3. The van der Waals surface area contributed by atoms with Crippen molar-refractivity contribution in [3.8, 4) is 11.4 Å². The smallest absolute Gasteiger partial charge is 0.416 e. The topological polar surface area (TPSA) is 111 Å². The van der Waals surface area contributed by atoms with Crippen LogP contribution in [0.2, 0.25) is 0 Å². The van der Waals surface area contributed by atoms with Crippen LogP contribution < -0.4 is 9.46 Å². The van der Waals surface area contributed by atoms with Gasteiger partial charge in [-0.3, -0.25) is 9.52 Å². The van der Waals surface area contributed by atoms with Gasteiger partial charge in [0.25, 0.3) is 10.0 Å². The van der Waals surface area contributed by atoms with Crippen molar-refractivity contribution in [2.75, 3.05) is 11.3 Å². The summed E-state index contributed by atoms with van der Waals surface area (Å²) in [4.78, 5) is 10.4. The third-order valence-corrected chi connectivity index (χ3v) is 5.93. The van der Waals surface area contributed by atoms with Crippen LogP contribution in [0.1, 0.15) is 24.0 Å². The van der Waals surface area contributed by atoms with Gasteiger partial charge in [0.1, 0.15) is 5.75 Å². The Morgan fingerprint density at radius 3 is 2.58 bits per heavy atom. The molecule has 1 heterocycles. The van der Waals surface area contributed by atoms with Gasteiger partial charge in [0.15, 0.2) is 0 Å². The number of aryl methyl sites for hydroxylation is 1. The van der Waals surface area contributed by atoms with Gasteiger partial charge in [-0.25, -0.2) is 13.1 Å². The molecule has 0 radical (unpaired) electrons. The van der Waals surface area contributed by atoms with E-state index in [0.717, 1.165) is 12.1 Å². The Hall–Kier alpha value is -3.54. The maximum absolute atomic E-state index is 13.2. The van der Waals surface area contributed by atoms with Crippen molar-refractivity contribution in [2.45, 2.75) is 30.8 Å². The molecule has 12 heteroatoms. The molecular weight excluding hydrogens is 463 g/mol. The number of halogens is 3. The van der Waals surface area contributed by atoms with E-state index in [1.807, 2.05) is 0 Å². The third kappa shape index (κ3) is 6.04. The number of carboxylic acid groups (broad SMARTS) is 1. The molecule has 8 nitrogen and oxygen atoms in total. The van der Waals surface area contributed by atoms with E-state index in [1.165, 1.54) is 35.3 Å². The van der Waals surface area contributed by atoms with Crippen LogP contribution in [-0.4, -0.2) is 35.9 Å². The number of carboxylic acids is 1. The fourth-order valence-electron chi connectivity index (χ4n) is 2.97. The summed E-state index contributed by atoms with van der Waals surface area (Å²) in [6.07, 6.45) is -1.57. The van der Waals surface area contributed by atoms with Crippen LogP contribution >= 0.6 is 0 Å². The van der Waals surface area contributed by atoms with Gasteiger partial charge in [-0.05, 0) is 61.4 Å². The number of ether oxygens (including phenoxy) is 1. The number of nitrogens with one attached hydrogen (secondary N) is 1. The van der Waals surface area contributed by atoms with Crippen molar-refractivity contribution in [3.05, 3.63) is 66.0 Å². The summed E-state index contributed by atoms with van der Waals surface area (Å²) in [5.74, 6) is -0.581. The van der Waals surface area contributed by atoms with Crippen LogP contribution in [0.3, 0.4) is 0 Å². The van der Waals surface area contributed by atoms with E-state index >= 15 is 0 Å². The lowest BCUT2D eigenvalue weighted by Gasteiger charge is -2.16. The molecule has 176 valence electrons. The Morgan fingerprint density at radius 2 is 1.97 bits per heavy atom. The molecule has 0 aliphatic carbocycles. The second-order valence-electron chi connectivity index (χ2n) is 7.06. The fourth-order valence-corrected chi connectivity index (χ4v) is 4.12. The highest BCUT2D eigenvalue weighted by atomic mass is 32.2. The monoisotopic (exact) mass is 483 g/mol. The molecule has 0 unspecified atom stereocenters. The molecule has 0 spiro atoms. The number of carbonyl (C=O) groups is 1. The van der Waals surface area contributed by atoms with Gasteiger partial charge in [0, 0.05) is 18.8 Å². The maximum atomic E-state index is 13.2. The first-order chi connectivity index (χ1) is 15.5. The summed E-state index contributed by atoms with van der Waals surface area (Å²) in [7, 11) is -4.26. The van der Waals surface area contributed by atoms with E-state index in [0.29, 0.717) is 17.4 Å². The molecule has 3 rings (SSSR count). The highest BCUT2D eigenvalue weighted by Gasteiger charge is 2.32. The third-order valence-electron chi connectivity index (χ3n) is 4.57. The number of sulfonamides is 1. The minimum absolute atomic E-state index is 0.0645. The SMILES string of the molecule is Cc1cc(S(=O)(=O)Nc2cc(C(F)(F)F)ccc2-n2cccn2)ccc1OCCCC(=O)O. The molecule has 0 saturated carbocycles. The molecule has 0 saturated heterocycles. The second-order valence-corrected chi connectivity index (χ2v) is 8.74. The average Bonchev–Trinajstić information content (AvgIpc) is 3.25. The molecule has 0 aliphatic rings. The van der Waals surface area contributed by atoms with Crippen LogP contribution in [0.5, 0.6) is 5.75 Å². The van der Waals surface area contributed by atoms with E-state index in [9.17, 15) is 26.4 Å². The van der Waals surface area contributed by atoms with Gasteiger partial charge in [0.2, 0.25) is 0 Å². The lowest BCUT2D eigenvalue weighted by atomic mass is 10.1. The van der Waals surface area contributed by atoms with E-state index in [1.54, 1.807) is 13.0 Å². The quantitative estimate of drug-likeness (QED) is 0.441. The molecule has 33 heavy (non-hydrogen) atoms. The molecular formula is C21H20F3N3O5S. The van der Waals surface area contributed by atoms with Crippen molar-refractivity contribution in [1.82, 2.24) is 9.78 Å². The summed E-state index contributed by atoms with van der Waals surface area (Å²) in [5, 5.41) is 12.6. The zero-order valence-electron chi connectivity index (χ0n) is 17.3. The number of anilines is 1. The number of hydrogen-bond donors (Lipinski definition) is 2. The van der Waals surface area contributed by atoms with E-state index in [4.69, 9.17) is 9.84 Å². The first-order valence-electron chi connectivity index (χ1n) is 9.67. The molecule has 1 aromatic heterocycles. The molecule has 0 bridgehead atoms. The summed E-state index contributed by atoms with van der Waals surface area (Å²) < 4.78 is 74.5. The standard InChI is InChI=1S/C21H20F3N3O5S/c1-14-12-16(6-8-19(14)32-11-2-4-20(28)29)33(30,31)26-17-13-15(21(22,23)24)5-7-18(17)27-10-3-9-25-27/h3,5-10,12-13,26H,2,4,11H2,1H3,(H,28,29). The van der Waals surface area contributed by atoms with Crippen molar-refractivity contribution in [3.63, 3.8) is 0 Å². The summed E-state index contributed by atoms with van der Waals surface area (Å²) in [5.41, 5.74) is -0.728. The Kier molecular flexibility index (Phi) is 6.96. The average molecular weight is 483 g/mol. The zero-order valence-corrected chi connectivity index (χ0v) is 18.2. The zero-order chi connectivity index (χ0) is 24.2. The van der Waals surface area contributed by atoms with E-state index in [-0.39, 0.29) is 35.7 Å². The van der Waals surface area contributed by atoms with Crippen molar-refractivity contribution < 1.29 is 36.2 Å². The Morgan fingerprint density at radius 1 is 1.21 bits per heavy atom. The minimum Gasteiger partial charge on any atom is -0.493 e. The predicted molar refractivity (Wildman–Crippen MR) is 113 cm³/mol. The summed E-state index contributed by atoms with van der Waals surface area (Å²) >= 11 is 0. The number of nitrogens with zero attached hydrogens (tertiary/aromatic N) is 2. The molecule has 3 aromatic rings. The van der Waals surface area contributed by atoms with Crippen LogP contribution in [0.25, 0.3) is 5.69 Å². The first kappa shape index (κ1) is 24.1. The number of benzene rings is 2. The van der Waals surface area contributed by atoms with Gasteiger partial charge in [-0.15, -0.1) is 0 Å². The Balaban J connectivity index is 1.88. The van der Waals surface area contributed by atoms with Gasteiger partial charge in [0.05, 0.1) is 28.4 Å². The maximum Gasteiger partial charge on any atom is 0.416 e. The van der Waals surface area contributed by atoms with Crippen LogP contribution in [-0.2, 0) is 21.0 Å². The second kappa shape index (κ2) is 9.53. The number of aliphatic carboxylic acids is 1. The molecule has 0 atom stereocenters. The Labute approximate surface area is 187 Å². The van der Waals surface area contributed by atoms with E-state index < -0.39 is 27.7 Å². The van der Waals surface area contributed by atoms with Crippen LogP contribution in [0.4, 0.5) is 18.9 Å². The van der Waals surface area contributed by atoms with Crippen molar-refractivity contribution >= 4 is 21.7 Å². The van der Waals surface area contributed by atoms with Crippen LogP contribution in [0.15, 0.2) is 59.8 Å². The first-order valence-corrected chi connectivity index (χ1v) is 11.1. The van der Waals surface area contributed by atoms with E-state index in [2.05, 4.69) is 9.82 Å². The normalized spacial score (nSPS) is 11.9.